The molecular formula is C22H22BrN3O5S. The Morgan fingerprint density at radius 2 is 2.00 bits per heavy atom. The fraction of sp³-hybridized carbons (Fsp3) is 0.318. The summed E-state index contributed by atoms with van der Waals surface area (Å²) >= 11 is 4.87. The minimum Gasteiger partial charge on any atom is -0.391 e. The number of anilines is 2. The number of nitrogens with zero attached hydrogens (tertiary/aromatic N) is 2. The van der Waals surface area contributed by atoms with Crippen LogP contribution in [0.4, 0.5) is 11.4 Å². The molecule has 0 aliphatic carbocycles. The number of ether oxygens (including phenoxy) is 1. The number of benzene rings is 1. The minimum atomic E-state index is -0.766. The fourth-order valence-corrected chi connectivity index (χ4v) is 5.04. The van der Waals surface area contributed by atoms with Crippen molar-refractivity contribution in [2.45, 2.75) is 18.6 Å². The Morgan fingerprint density at radius 1 is 1.22 bits per heavy atom. The molecule has 2 N–H and O–H groups in total. The van der Waals surface area contributed by atoms with Gasteiger partial charge in [0.2, 0.25) is 11.8 Å². The average molecular weight is 520 g/mol. The van der Waals surface area contributed by atoms with Crippen LogP contribution in [-0.4, -0.2) is 66.2 Å². The molecule has 0 radical (unpaired) electrons. The van der Waals surface area contributed by atoms with E-state index in [-0.39, 0.29) is 37.3 Å². The number of hydrogen-bond donors (Lipinski definition) is 2. The Hall–Kier alpha value is -2.53. The van der Waals surface area contributed by atoms with Crippen LogP contribution in [0.25, 0.3) is 6.08 Å². The molecule has 2 fully saturated rings. The summed E-state index contributed by atoms with van der Waals surface area (Å²) in [5.41, 5.74) is 1.28. The smallest absolute Gasteiger partial charge is 0.253 e. The summed E-state index contributed by atoms with van der Waals surface area (Å²) in [6.45, 7) is 1.13. The molecule has 3 heterocycles. The van der Waals surface area contributed by atoms with Crippen LogP contribution in [0.15, 0.2) is 46.3 Å². The summed E-state index contributed by atoms with van der Waals surface area (Å²) in [7, 11) is 0. The first-order valence-corrected chi connectivity index (χ1v) is 11.7. The van der Waals surface area contributed by atoms with Gasteiger partial charge in [-0.3, -0.25) is 14.4 Å². The number of aliphatic hydroxyl groups excluding tert-OH is 1. The van der Waals surface area contributed by atoms with Crippen LogP contribution < -0.4 is 10.2 Å². The molecular weight excluding hydrogens is 498 g/mol. The van der Waals surface area contributed by atoms with Crippen molar-refractivity contribution in [2.24, 2.45) is 0 Å². The van der Waals surface area contributed by atoms with E-state index in [9.17, 15) is 19.5 Å². The van der Waals surface area contributed by atoms with E-state index < -0.39 is 12.1 Å². The lowest BCUT2D eigenvalue weighted by molar-refractivity contribution is -0.132. The van der Waals surface area contributed by atoms with Crippen LogP contribution in [0.2, 0.25) is 0 Å². The van der Waals surface area contributed by atoms with Gasteiger partial charge in [-0.15, -0.1) is 11.3 Å². The van der Waals surface area contributed by atoms with Gasteiger partial charge in [-0.1, -0.05) is 0 Å². The van der Waals surface area contributed by atoms with E-state index in [0.717, 1.165) is 14.4 Å². The van der Waals surface area contributed by atoms with Gasteiger partial charge in [-0.25, -0.2) is 0 Å². The zero-order chi connectivity index (χ0) is 22.7. The molecule has 2 aliphatic rings. The number of amides is 3. The van der Waals surface area contributed by atoms with E-state index in [1.807, 2.05) is 12.1 Å². The van der Waals surface area contributed by atoms with Crippen LogP contribution in [0.5, 0.6) is 0 Å². The minimum absolute atomic E-state index is 0.0601. The van der Waals surface area contributed by atoms with Crippen molar-refractivity contribution in [3.8, 4) is 0 Å². The molecule has 2 aliphatic heterocycles. The highest BCUT2D eigenvalue weighted by Crippen LogP contribution is 2.25. The number of carbonyl (C=O) groups excluding carboxylic acids is 3. The quantitative estimate of drug-likeness (QED) is 0.591. The predicted octanol–water partition coefficient (Wildman–Crippen LogP) is 2.49. The molecule has 168 valence electrons. The summed E-state index contributed by atoms with van der Waals surface area (Å²) in [6, 6.07) is 9.95. The predicted molar refractivity (Wildman–Crippen MR) is 125 cm³/mol. The maximum absolute atomic E-state index is 12.9. The number of likely N-dealkylation sites (tertiary alicyclic amines) is 1. The van der Waals surface area contributed by atoms with Gasteiger partial charge in [0.05, 0.1) is 16.5 Å². The van der Waals surface area contributed by atoms with E-state index in [4.69, 9.17) is 4.74 Å². The molecule has 0 unspecified atom stereocenters. The molecule has 2 atom stereocenters. The molecule has 1 aromatic carbocycles. The number of hydrogen-bond acceptors (Lipinski definition) is 6. The third-order valence-corrected chi connectivity index (χ3v) is 6.87. The largest absolute Gasteiger partial charge is 0.391 e. The van der Waals surface area contributed by atoms with Gasteiger partial charge in [-0.05, 0) is 58.4 Å². The Morgan fingerprint density at radius 3 is 2.69 bits per heavy atom. The second kappa shape index (κ2) is 9.95. The van der Waals surface area contributed by atoms with Gasteiger partial charge in [0.25, 0.3) is 5.91 Å². The summed E-state index contributed by atoms with van der Waals surface area (Å²) < 4.78 is 6.10. The normalized spacial score (nSPS) is 21.4. The maximum Gasteiger partial charge on any atom is 0.253 e. The Bertz CT molecular complexity index is 1040. The van der Waals surface area contributed by atoms with E-state index in [1.54, 1.807) is 35.2 Å². The lowest BCUT2D eigenvalue weighted by Crippen LogP contribution is -2.42. The SMILES string of the molecule is O=C(Nc1ccc(N2CCOCC2=O)cc1)[C@H]1C[C@@H](O)CN1C(=O)C=Cc1ccc(Br)s1. The van der Waals surface area contributed by atoms with Gasteiger partial charge < -0.3 is 25.0 Å². The molecule has 10 heteroatoms. The summed E-state index contributed by atoms with van der Waals surface area (Å²) in [5.74, 6) is -0.796. The van der Waals surface area contributed by atoms with Gasteiger partial charge in [0.1, 0.15) is 12.6 Å². The van der Waals surface area contributed by atoms with Crippen molar-refractivity contribution in [1.29, 1.82) is 0 Å². The highest BCUT2D eigenvalue weighted by Gasteiger charge is 2.38. The number of halogens is 1. The van der Waals surface area contributed by atoms with E-state index in [2.05, 4.69) is 21.2 Å². The summed E-state index contributed by atoms with van der Waals surface area (Å²) in [6.07, 6.45) is 2.54. The average Bonchev–Trinajstić information content (AvgIpc) is 3.38. The van der Waals surface area contributed by atoms with Crippen LogP contribution in [0.1, 0.15) is 11.3 Å². The Kier molecular flexibility index (Phi) is 7.04. The molecule has 2 saturated heterocycles. The van der Waals surface area contributed by atoms with Crippen molar-refractivity contribution >= 4 is 62.4 Å². The molecule has 8 nitrogen and oxygen atoms in total. The summed E-state index contributed by atoms with van der Waals surface area (Å²) in [5, 5.41) is 12.9. The monoisotopic (exact) mass is 519 g/mol. The number of thiophene rings is 1. The van der Waals surface area contributed by atoms with Crippen LogP contribution in [0, 0.1) is 0 Å². The highest BCUT2D eigenvalue weighted by molar-refractivity contribution is 9.11. The van der Waals surface area contributed by atoms with Gasteiger partial charge in [-0.2, -0.15) is 0 Å². The lowest BCUT2D eigenvalue weighted by Gasteiger charge is -2.27. The third kappa shape index (κ3) is 5.26. The van der Waals surface area contributed by atoms with Crippen molar-refractivity contribution < 1.29 is 24.2 Å². The fourth-order valence-electron chi connectivity index (χ4n) is 3.71. The molecule has 0 saturated carbocycles. The highest BCUT2D eigenvalue weighted by atomic mass is 79.9. The van der Waals surface area contributed by atoms with E-state index in [1.165, 1.54) is 22.3 Å². The first-order valence-electron chi connectivity index (χ1n) is 10.1. The first-order chi connectivity index (χ1) is 15.4. The van der Waals surface area contributed by atoms with Crippen molar-refractivity contribution in [3.63, 3.8) is 0 Å². The van der Waals surface area contributed by atoms with E-state index >= 15 is 0 Å². The number of rotatable bonds is 5. The second-order valence-electron chi connectivity index (χ2n) is 7.51. The summed E-state index contributed by atoms with van der Waals surface area (Å²) in [4.78, 5) is 41.5. The molecule has 32 heavy (non-hydrogen) atoms. The Labute approximate surface area is 197 Å². The Balaban J connectivity index is 1.40. The topological polar surface area (TPSA) is 99.2 Å². The van der Waals surface area contributed by atoms with Gasteiger partial charge in [0.15, 0.2) is 0 Å². The number of aliphatic hydroxyl groups is 1. The van der Waals surface area contributed by atoms with Crippen LogP contribution >= 0.6 is 27.3 Å². The lowest BCUT2D eigenvalue weighted by atomic mass is 10.1. The molecule has 0 spiro atoms. The van der Waals surface area contributed by atoms with Crippen molar-refractivity contribution in [3.05, 3.63) is 51.1 Å². The van der Waals surface area contributed by atoms with Gasteiger partial charge >= 0.3 is 0 Å². The second-order valence-corrected chi connectivity index (χ2v) is 10.00. The molecule has 0 bridgehead atoms. The first kappa shape index (κ1) is 22.7. The molecule has 3 amide bonds. The van der Waals surface area contributed by atoms with Crippen LogP contribution in [-0.2, 0) is 19.1 Å². The zero-order valence-electron chi connectivity index (χ0n) is 17.1. The molecule has 2 aromatic rings. The zero-order valence-corrected chi connectivity index (χ0v) is 19.5. The number of morpholine rings is 1. The third-order valence-electron chi connectivity index (χ3n) is 5.28. The van der Waals surface area contributed by atoms with E-state index in [0.29, 0.717) is 18.8 Å². The number of nitrogens with one attached hydrogen (secondary N) is 1. The standard InChI is InChI=1S/C22H22BrN3O5S/c23-19-7-5-17(32-19)6-8-20(28)26-12-16(27)11-18(26)22(30)24-14-1-3-15(4-2-14)25-9-10-31-13-21(25)29/h1-8,16,18,27H,9-13H2,(H,24,30)/t16-,18-/m1/s1. The maximum atomic E-state index is 12.9. The van der Waals surface area contributed by atoms with Gasteiger partial charge in [0, 0.05) is 41.8 Å². The number of carbonyl (C=O) groups is 3. The van der Waals surface area contributed by atoms with Crippen molar-refractivity contribution in [2.75, 3.05) is 36.5 Å². The number of β-amino-alcohol motifs (C(OH)–C–C–N with tert-alkyl or cyclic N) is 1. The molecule has 4 rings (SSSR count). The van der Waals surface area contributed by atoms with Crippen molar-refractivity contribution in [1.82, 2.24) is 4.90 Å². The van der Waals surface area contributed by atoms with Crippen LogP contribution in [0.3, 0.4) is 0 Å². The molecule has 1 aromatic heterocycles.